The van der Waals surface area contributed by atoms with E-state index in [9.17, 15) is 13.6 Å². The van der Waals surface area contributed by atoms with Crippen LogP contribution in [0.1, 0.15) is 23.2 Å². The first-order valence-corrected chi connectivity index (χ1v) is 6.73. The van der Waals surface area contributed by atoms with Gasteiger partial charge in [-0.2, -0.15) is 0 Å². The average Bonchev–Trinajstić information content (AvgIpc) is 2.37. The van der Waals surface area contributed by atoms with Crippen molar-refractivity contribution in [1.82, 2.24) is 4.90 Å². The van der Waals surface area contributed by atoms with Gasteiger partial charge in [0.05, 0.1) is 19.2 Å². The van der Waals surface area contributed by atoms with Crippen molar-refractivity contribution in [2.45, 2.75) is 18.8 Å². The molecule has 1 aliphatic heterocycles. The van der Waals surface area contributed by atoms with E-state index in [-0.39, 0.29) is 6.42 Å². The summed E-state index contributed by atoms with van der Waals surface area (Å²) in [5, 5.41) is 0. The highest BCUT2D eigenvalue weighted by Crippen LogP contribution is 2.29. The number of halogens is 3. The first-order chi connectivity index (χ1) is 8.93. The summed E-state index contributed by atoms with van der Waals surface area (Å²) in [6.07, 6.45) is 0.163. The number of alkyl halides is 2. The van der Waals surface area contributed by atoms with Gasteiger partial charge in [0.25, 0.3) is 11.8 Å². The molecule has 1 aromatic carbocycles. The van der Waals surface area contributed by atoms with Crippen LogP contribution < -0.4 is 4.74 Å². The topological polar surface area (TPSA) is 29.5 Å². The number of ether oxygens (including phenoxy) is 1. The van der Waals surface area contributed by atoms with Crippen molar-refractivity contribution < 1.29 is 18.3 Å². The smallest absolute Gasteiger partial charge is 0.265 e. The fourth-order valence-corrected chi connectivity index (χ4v) is 2.52. The lowest BCUT2D eigenvalue weighted by Gasteiger charge is -2.32. The number of hydrogen-bond acceptors (Lipinski definition) is 2. The fourth-order valence-electron chi connectivity index (χ4n) is 2.10. The summed E-state index contributed by atoms with van der Waals surface area (Å²) >= 11 is 3.26. The Balaban J connectivity index is 2.24. The van der Waals surface area contributed by atoms with Crippen molar-refractivity contribution >= 4 is 21.8 Å². The standard InChI is InChI=1S/C13H14BrF2NO2/c1-19-9-3-4-11(14)10(7-9)12(18)17-6-2-5-13(15,16)8-17/h3-4,7H,2,5-6,8H2,1H3. The minimum Gasteiger partial charge on any atom is -0.497 e. The number of benzene rings is 1. The zero-order valence-corrected chi connectivity index (χ0v) is 12.0. The van der Waals surface area contributed by atoms with Crippen molar-refractivity contribution in [2.75, 3.05) is 20.2 Å². The van der Waals surface area contributed by atoms with Crippen molar-refractivity contribution in [2.24, 2.45) is 0 Å². The van der Waals surface area contributed by atoms with Crippen LogP contribution in [0.4, 0.5) is 8.78 Å². The van der Waals surface area contributed by atoms with Gasteiger partial charge in [-0.3, -0.25) is 4.79 Å². The maximum Gasteiger partial charge on any atom is 0.265 e. The van der Waals surface area contributed by atoms with E-state index >= 15 is 0 Å². The molecule has 0 aliphatic carbocycles. The summed E-state index contributed by atoms with van der Waals surface area (Å²) in [7, 11) is 1.49. The van der Waals surface area contributed by atoms with Crippen molar-refractivity contribution in [1.29, 1.82) is 0 Å². The van der Waals surface area contributed by atoms with Crippen molar-refractivity contribution in [3.63, 3.8) is 0 Å². The number of piperidine rings is 1. The summed E-state index contributed by atoms with van der Waals surface area (Å²) in [6.45, 7) is -0.159. The number of amides is 1. The Morgan fingerprint density at radius 1 is 1.47 bits per heavy atom. The van der Waals surface area contributed by atoms with Gasteiger partial charge < -0.3 is 9.64 Å². The van der Waals surface area contributed by atoms with Gasteiger partial charge in [0.1, 0.15) is 5.75 Å². The van der Waals surface area contributed by atoms with Gasteiger partial charge in [0.15, 0.2) is 0 Å². The van der Waals surface area contributed by atoms with Gasteiger partial charge in [-0.05, 0) is 40.5 Å². The normalized spacial score (nSPS) is 18.2. The largest absolute Gasteiger partial charge is 0.497 e. The highest BCUT2D eigenvalue weighted by molar-refractivity contribution is 9.10. The van der Waals surface area contributed by atoms with Crippen LogP contribution in [0.2, 0.25) is 0 Å². The second-order valence-electron chi connectivity index (χ2n) is 4.53. The van der Waals surface area contributed by atoms with Crippen LogP contribution in [0.25, 0.3) is 0 Å². The quantitative estimate of drug-likeness (QED) is 0.830. The third kappa shape index (κ3) is 3.23. The Bertz CT molecular complexity index is 494. The van der Waals surface area contributed by atoms with Crippen LogP contribution in [0, 0.1) is 0 Å². The van der Waals surface area contributed by atoms with E-state index in [4.69, 9.17) is 4.74 Å². The monoisotopic (exact) mass is 333 g/mol. The molecule has 3 nitrogen and oxygen atoms in total. The van der Waals surface area contributed by atoms with Gasteiger partial charge in [-0.1, -0.05) is 0 Å². The van der Waals surface area contributed by atoms with Crippen LogP contribution in [0.3, 0.4) is 0 Å². The predicted octanol–water partition coefficient (Wildman–Crippen LogP) is 3.33. The maximum atomic E-state index is 13.3. The average molecular weight is 334 g/mol. The second kappa shape index (κ2) is 5.45. The number of rotatable bonds is 2. The van der Waals surface area contributed by atoms with Crippen LogP contribution >= 0.6 is 15.9 Å². The molecule has 0 aromatic heterocycles. The molecular weight excluding hydrogens is 320 g/mol. The lowest BCUT2D eigenvalue weighted by Crippen LogP contribution is -2.45. The zero-order chi connectivity index (χ0) is 14.0. The first-order valence-electron chi connectivity index (χ1n) is 5.93. The van der Waals surface area contributed by atoms with Crippen molar-refractivity contribution in [3.8, 4) is 5.75 Å². The lowest BCUT2D eigenvalue weighted by molar-refractivity contribution is -0.0560. The van der Waals surface area contributed by atoms with Crippen molar-refractivity contribution in [3.05, 3.63) is 28.2 Å². The molecule has 1 saturated heterocycles. The minimum atomic E-state index is -2.79. The Morgan fingerprint density at radius 2 is 2.21 bits per heavy atom. The van der Waals surface area contributed by atoms with E-state index in [0.29, 0.717) is 28.8 Å². The van der Waals surface area contributed by atoms with E-state index in [2.05, 4.69) is 15.9 Å². The molecule has 0 atom stereocenters. The van der Waals surface area contributed by atoms with Crippen LogP contribution in [-0.2, 0) is 0 Å². The van der Waals surface area contributed by atoms with Crippen LogP contribution in [0.5, 0.6) is 5.75 Å². The second-order valence-corrected chi connectivity index (χ2v) is 5.39. The van der Waals surface area contributed by atoms with E-state index in [0.717, 1.165) is 0 Å². The van der Waals surface area contributed by atoms with Gasteiger partial charge in [0, 0.05) is 17.4 Å². The van der Waals surface area contributed by atoms with Crippen LogP contribution in [0.15, 0.2) is 22.7 Å². The molecule has 0 N–H and O–H groups in total. The van der Waals surface area contributed by atoms with E-state index in [1.807, 2.05) is 0 Å². The third-order valence-corrected chi connectivity index (χ3v) is 3.78. The molecule has 1 fully saturated rings. The number of likely N-dealkylation sites (tertiary alicyclic amines) is 1. The molecule has 1 aromatic rings. The molecular formula is C13H14BrF2NO2. The summed E-state index contributed by atoms with van der Waals surface area (Å²) < 4.78 is 32.3. The van der Waals surface area contributed by atoms with E-state index in [1.165, 1.54) is 12.0 Å². The highest BCUT2D eigenvalue weighted by atomic mass is 79.9. The Labute approximate surface area is 118 Å². The molecule has 2 rings (SSSR count). The van der Waals surface area contributed by atoms with Gasteiger partial charge in [-0.15, -0.1) is 0 Å². The number of methoxy groups -OCH3 is 1. The Kier molecular flexibility index (Phi) is 4.08. The summed E-state index contributed by atoms with van der Waals surface area (Å²) in [5.74, 6) is -2.67. The minimum absolute atomic E-state index is 0.157. The molecule has 1 heterocycles. The molecule has 19 heavy (non-hydrogen) atoms. The SMILES string of the molecule is COc1ccc(Br)c(C(=O)N2CCCC(F)(F)C2)c1. The number of hydrogen-bond donors (Lipinski definition) is 0. The van der Waals surface area contributed by atoms with Gasteiger partial charge >= 0.3 is 0 Å². The predicted molar refractivity (Wildman–Crippen MR) is 70.8 cm³/mol. The summed E-state index contributed by atoms with van der Waals surface area (Å²) in [5.41, 5.74) is 0.344. The molecule has 0 radical (unpaired) electrons. The summed E-state index contributed by atoms with van der Waals surface area (Å²) in [6, 6.07) is 4.93. The third-order valence-electron chi connectivity index (χ3n) is 3.08. The molecule has 0 saturated carbocycles. The number of carbonyl (C=O) groups is 1. The van der Waals surface area contributed by atoms with E-state index in [1.54, 1.807) is 18.2 Å². The Hall–Kier alpha value is -1.17. The molecule has 6 heteroatoms. The molecule has 0 unspecified atom stereocenters. The molecule has 1 aliphatic rings. The zero-order valence-electron chi connectivity index (χ0n) is 10.5. The molecule has 1 amide bonds. The fraction of sp³-hybridized carbons (Fsp3) is 0.462. The first kappa shape index (κ1) is 14.2. The number of carbonyl (C=O) groups excluding carboxylic acids is 1. The van der Waals surface area contributed by atoms with E-state index < -0.39 is 18.4 Å². The highest BCUT2D eigenvalue weighted by Gasteiger charge is 2.37. The van der Waals surface area contributed by atoms with Crippen LogP contribution in [-0.4, -0.2) is 36.9 Å². The molecule has 0 spiro atoms. The number of nitrogens with zero attached hydrogens (tertiary/aromatic N) is 1. The maximum absolute atomic E-state index is 13.3. The van der Waals surface area contributed by atoms with Gasteiger partial charge in [0.2, 0.25) is 0 Å². The molecule has 0 bridgehead atoms. The lowest BCUT2D eigenvalue weighted by atomic mass is 10.1. The van der Waals surface area contributed by atoms with Gasteiger partial charge in [-0.25, -0.2) is 8.78 Å². The molecule has 104 valence electrons. The summed E-state index contributed by atoms with van der Waals surface area (Å²) in [4.78, 5) is 13.5. The Morgan fingerprint density at radius 3 is 2.84 bits per heavy atom.